The minimum atomic E-state index is 0.274. The lowest BCUT2D eigenvalue weighted by molar-refractivity contribution is 0.482. The number of benzene rings is 3. The van der Waals surface area contributed by atoms with Crippen LogP contribution in [0.1, 0.15) is 0 Å². The first-order valence-corrected chi connectivity index (χ1v) is 6.90. The molecule has 4 rings (SSSR count). The molecule has 2 heteroatoms. The third-order valence-electron chi connectivity index (χ3n) is 3.75. The predicted molar refractivity (Wildman–Crippen MR) is 86.3 cm³/mol. The SMILES string of the molecule is Oc1cccc2nc(-c3ccccc3)c3ccccc3c12. The lowest BCUT2D eigenvalue weighted by atomic mass is 10.00. The minimum Gasteiger partial charge on any atom is -0.507 e. The first-order valence-electron chi connectivity index (χ1n) is 6.90. The predicted octanol–water partition coefficient (Wildman–Crippen LogP) is 4.76. The van der Waals surface area contributed by atoms with E-state index in [9.17, 15) is 5.11 Å². The summed E-state index contributed by atoms with van der Waals surface area (Å²) in [7, 11) is 0. The van der Waals surface area contributed by atoms with Crippen LogP contribution < -0.4 is 0 Å². The smallest absolute Gasteiger partial charge is 0.125 e. The van der Waals surface area contributed by atoms with Gasteiger partial charge in [-0.2, -0.15) is 0 Å². The molecule has 0 fully saturated rings. The first-order chi connectivity index (χ1) is 10.3. The Morgan fingerprint density at radius 1 is 0.667 bits per heavy atom. The van der Waals surface area contributed by atoms with E-state index in [4.69, 9.17) is 4.98 Å². The molecule has 0 aliphatic rings. The summed E-state index contributed by atoms with van der Waals surface area (Å²) >= 11 is 0. The minimum absolute atomic E-state index is 0.274. The second-order valence-corrected chi connectivity index (χ2v) is 5.04. The monoisotopic (exact) mass is 271 g/mol. The van der Waals surface area contributed by atoms with Gasteiger partial charge >= 0.3 is 0 Å². The Morgan fingerprint density at radius 3 is 2.19 bits per heavy atom. The topological polar surface area (TPSA) is 33.1 Å². The first kappa shape index (κ1) is 11.9. The molecule has 0 saturated heterocycles. The Labute approximate surface area is 122 Å². The lowest BCUT2D eigenvalue weighted by Gasteiger charge is -2.10. The quantitative estimate of drug-likeness (QED) is 0.506. The summed E-state index contributed by atoms with van der Waals surface area (Å²) in [4.78, 5) is 4.77. The van der Waals surface area contributed by atoms with Crippen LogP contribution in [0, 0.1) is 0 Å². The van der Waals surface area contributed by atoms with E-state index in [1.807, 2.05) is 48.5 Å². The Bertz CT molecular complexity index is 945. The Balaban J connectivity index is 2.21. The second kappa shape index (κ2) is 4.60. The maximum atomic E-state index is 10.2. The third kappa shape index (κ3) is 1.84. The average Bonchev–Trinajstić information content (AvgIpc) is 2.55. The van der Waals surface area contributed by atoms with E-state index in [0.717, 1.165) is 32.9 Å². The number of rotatable bonds is 1. The second-order valence-electron chi connectivity index (χ2n) is 5.04. The van der Waals surface area contributed by atoms with Gasteiger partial charge in [0.2, 0.25) is 0 Å². The van der Waals surface area contributed by atoms with Crippen molar-refractivity contribution in [1.29, 1.82) is 0 Å². The van der Waals surface area contributed by atoms with E-state index in [1.54, 1.807) is 6.07 Å². The number of hydrogen-bond donors (Lipinski definition) is 1. The maximum Gasteiger partial charge on any atom is 0.125 e. The summed E-state index contributed by atoms with van der Waals surface area (Å²) in [5.41, 5.74) is 2.84. The molecule has 0 bridgehead atoms. The summed E-state index contributed by atoms with van der Waals surface area (Å²) in [6.07, 6.45) is 0. The zero-order valence-corrected chi connectivity index (χ0v) is 11.3. The van der Waals surface area contributed by atoms with Gasteiger partial charge in [-0.15, -0.1) is 0 Å². The average molecular weight is 271 g/mol. The molecule has 1 heterocycles. The van der Waals surface area contributed by atoms with Crippen molar-refractivity contribution in [1.82, 2.24) is 4.98 Å². The largest absolute Gasteiger partial charge is 0.507 e. The third-order valence-corrected chi connectivity index (χ3v) is 3.75. The molecule has 0 radical (unpaired) electrons. The number of phenols is 1. The van der Waals surface area contributed by atoms with Crippen molar-refractivity contribution in [3.8, 4) is 17.0 Å². The number of pyridine rings is 1. The molecule has 4 aromatic rings. The van der Waals surface area contributed by atoms with E-state index in [0.29, 0.717) is 0 Å². The molecular weight excluding hydrogens is 258 g/mol. The molecule has 0 saturated carbocycles. The van der Waals surface area contributed by atoms with E-state index in [2.05, 4.69) is 18.2 Å². The molecule has 3 aromatic carbocycles. The van der Waals surface area contributed by atoms with E-state index in [1.165, 1.54) is 0 Å². The van der Waals surface area contributed by atoms with E-state index >= 15 is 0 Å². The summed E-state index contributed by atoms with van der Waals surface area (Å²) in [5.74, 6) is 0.274. The number of fused-ring (bicyclic) bond motifs is 3. The van der Waals surface area contributed by atoms with Crippen LogP contribution in [-0.2, 0) is 0 Å². The highest BCUT2D eigenvalue weighted by Gasteiger charge is 2.11. The van der Waals surface area contributed by atoms with Crippen molar-refractivity contribution >= 4 is 21.7 Å². The van der Waals surface area contributed by atoms with Gasteiger partial charge in [0.15, 0.2) is 0 Å². The van der Waals surface area contributed by atoms with Gasteiger partial charge in [-0.05, 0) is 17.5 Å². The number of hydrogen-bond acceptors (Lipinski definition) is 2. The number of nitrogens with zero attached hydrogens (tertiary/aromatic N) is 1. The van der Waals surface area contributed by atoms with E-state index in [-0.39, 0.29) is 5.75 Å². The Morgan fingerprint density at radius 2 is 1.38 bits per heavy atom. The van der Waals surface area contributed by atoms with Crippen molar-refractivity contribution in [2.24, 2.45) is 0 Å². The van der Waals surface area contributed by atoms with Gasteiger partial charge in [0, 0.05) is 16.3 Å². The fourth-order valence-corrected chi connectivity index (χ4v) is 2.80. The standard InChI is InChI=1S/C19H13NO/c21-17-12-6-11-16-18(17)14-9-4-5-10-15(14)19(20-16)13-7-2-1-3-8-13/h1-12,21H. The van der Waals surface area contributed by atoms with Crippen LogP contribution in [0.15, 0.2) is 72.8 Å². The molecular formula is C19H13NO. The fourth-order valence-electron chi connectivity index (χ4n) is 2.80. The normalized spacial score (nSPS) is 11.0. The molecule has 0 unspecified atom stereocenters. The van der Waals surface area contributed by atoms with Gasteiger partial charge in [0.05, 0.1) is 11.2 Å². The van der Waals surface area contributed by atoms with Crippen molar-refractivity contribution in [3.05, 3.63) is 72.8 Å². The molecule has 0 atom stereocenters. The van der Waals surface area contributed by atoms with Crippen LogP contribution in [0.2, 0.25) is 0 Å². The molecule has 0 aliphatic heterocycles. The molecule has 2 nitrogen and oxygen atoms in total. The lowest BCUT2D eigenvalue weighted by Crippen LogP contribution is -1.89. The van der Waals surface area contributed by atoms with Gasteiger partial charge in [-0.25, -0.2) is 4.98 Å². The van der Waals surface area contributed by atoms with Gasteiger partial charge in [-0.1, -0.05) is 60.7 Å². The van der Waals surface area contributed by atoms with Gasteiger partial charge in [0.25, 0.3) is 0 Å². The van der Waals surface area contributed by atoms with Crippen molar-refractivity contribution in [3.63, 3.8) is 0 Å². The van der Waals surface area contributed by atoms with Crippen LogP contribution in [0.25, 0.3) is 32.9 Å². The molecule has 0 amide bonds. The van der Waals surface area contributed by atoms with Crippen molar-refractivity contribution in [2.45, 2.75) is 0 Å². The van der Waals surface area contributed by atoms with E-state index < -0.39 is 0 Å². The summed E-state index contributed by atoms with van der Waals surface area (Å²) in [6.45, 7) is 0. The highest BCUT2D eigenvalue weighted by atomic mass is 16.3. The van der Waals surface area contributed by atoms with Gasteiger partial charge < -0.3 is 5.11 Å². The number of aromatic hydroxyl groups is 1. The molecule has 1 aromatic heterocycles. The fraction of sp³-hybridized carbons (Fsp3) is 0. The van der Waals surface area contributed by atoms with Crippen LogP contribution in [0.4, 0.5) is 0 Å². The molecule has 100 valence electrons. The molecule has 21 heavy (non-hydrogen) atoms. The van der Waals surface area contributed by atoms with Crippen LogP contribution >= 0.6 is 0 Å². The highest BCUT2D eigenvalue weighted by Crippen LogP contribution is 2.35. The maximum absolute atomic E-state index is 10.2. The van der Waals surface area contributed by atoms with Crippen molar-refractivity contribution in [2.75, 3.05) is 0 Å². The highest BCUT2D eigenvalue weighted by molar-refractivity contribution is 6.13. The molecule has 0 spiro atoms. The summed E-state index contributed by atoms with van der Waals surface area (Å²) < 4.78 is 0. The van der Waals surface area contributed by atoms with Crippen molar-refractivity contribution < 1.29 is 5.11 Å². The van der Waals surface area contributed by atoms with Crippen LogP contribution in [0.5, 0.6) is 5.75 Å². The Hall–Kier alpha value is -2.87. The number of aromatic nitrogens is 1. The summed E-state index contributed by atoms with van der Waals surface area (Å²) in [5, 5.41) is 13.1. The molecule has 0 aliphatic carbocycles. The zero-order valence-electron chi connectivity index (χ0n) is 11.3. The summed E-state index contributed by atoms with van der Waals surface area (Å²) in [6, 6.07) is 23.7. The van der Waals surface area contributed by atoms with Gasteiger partial charge in [-0.3, -0.25) is 0 Å². The number of phenolic OH excluding ortho intramolecular Hbond substituents is 1. The Kier molecular flexibility index (Phi) is 2.61. The van der Waals surface area contributed by atoms with Gasteiger partial charge in [0.1, 0.15) is 5.75 Å². The van der Waals surface area contributed by atoms with Crippen LogP contribution in [-0.4, -0.2) is 10.1 Å². The van der Waals surface area contributed by atoms with Crippen LogP contribution in [0.3, 0.4) is 0 Å². The molecule has 1 N–H and O–H groups in total. The zero-order chi connectivity index (χ0) is 14.2.